The molecular weight excluding hydrogens is 406 g/mol. The number of hydrogen-bond acceptors (Lipinski definition) is 5. The van der Waals surface area contributed by atoms with Crippen molar-refractivity contribution in [2.24, 2.45) is 0 Å². The zero-order valence-electron chi connectivity index (χ0n) is 19.0. The molecule has 1 N–H and O–H groups in total. The third-order valence-corrected chi connectivity index (χ3v) is 6.56. The van der Waals surface area contributed by atoms with Crippen molar-refractivity contribution in [1.29, 1.82) is 0 Å². The van der Waals surface area contributed by atoms with Crippen LogP contribution in [0.25, 0.3) is 15.9 Å². The largest absolute Gasteiger partial charge is 0.318 e. The number of nitrogens with zero attached hydrogens (tertiary/aromatic N) is 4. The molecule has 4 rings (SSSR count). The molecule has 0 aliphatic heterocycles. The number of rotatable bonds is 3. The number of fused-ring (bicyclic) bond motifs is 1. The van der Waals surface area contributed by atoms with Gasteiger partial charge in [0.05, 0.1) is 33.3 Å². The van der Waals surface area contributed by atoms with Gasteiger partial charge in [0.15, 0.2) is 0 Å². The molecule has 3 aromatic heterocycles. The summed E-state index contributed by atoms with van der Waals surface area (Å²) in [5.41, 5.74) is 5.04. The zero-order valence-corrected chi connectivity index (χ0v) is 19.8. The molecule has 0 atom stereocenters. The number of thiophene rings is 1. The van der Waals surface area contributed by atoms with Crippen molar-refractivity contribution < 1.29 is 4.79 Å². The minimum atomic E-state index is -0.153. The molecule has 7 heteroatoms. The van der Waals surface area contributed by atoms with Gasteiger partial charge in [-0.15, -0.1) is 11.3 Å². The Balaban J connectivity index is 1.72. The van der Waals surface area contributed by atoms with Crippen LogP contribution in [0.2, 0.25) is 0 Å². The van der Waals surface area contributed by atoms with Crippen LogP contribution in [0.5, 0.6) is 0 Å². The Morgan fingerprint density at radius 1 is 1.00 bits per heavy atom. The Hall–Kier alpha value is -3.06. The Morgan fingerprint density at radius 2 is 1.68 bits per heavy atom. The van der Waals surface area contributed by atoms with E-state index >= 15 is 0 Å². The van der Waals surface area contributed by atoms with Crippen LogP contribution < -0.4 is 5.32 Å². The van der Waals surface area contributed by atoms with E-state index in [0.29, 0.717) is 4.88 Å². The van der Waals surface area contributed by atoms with Gasteiger partial charge >= 0.3 is 0 Å². The van der Waals surface area contributed by atoms with E-state index in [1.54, 1.807) is 0 Å². The van der Waals surface area contributed by atoms with Gasteiger partial charge in [-0.3, -0.25) is 4.79 Å². The highest BCUT2D eigenvalue weighted by atomic mass is 32.1. The molecule has 3 heterocycles. The first-order chi connectivity index (χ1) is 14.6. The van der Waals surface area contributed by atoms with Crippen molar-refractivity contribution in [3.63, 3.8) is 0 Å². The molecule has 0 unspecified atom stereocenters. The number of para-hydroxylation sites is 1. The monoisotopic (exact) mass is 433 g/mol. The van der Waals surface area contributed by atoms with Gasteiger partial charge < -0.3 is 5.32 Å². The van der Waals surface area contributed by atoms with Crippen LogP contribution in [0.15, 0.2) is 30.3 Å². The number of hydrogen-bond donors (Lipinski definition) is 1. The number of aryl methyl sites for hydroxylation is 3. The Morgan fingerprint density at radius 3 is 2.32 bits per heavy atom. The molecule has 0 bridgehead atoms. The summed E-state index contributed by atoms with van der Waals surface area (Å²) in [7, 11) is 0. The maximum atomic E-state index is 13.3. The fourth-order valence-corrected chi connectivity index (χ4v) is 4.83. The van der Waals surface area contributed by atoms with Crippen LogP contribution in [0.4, 0.5) is 5.69 Å². The van der Waals surface area contributed by atoms with Gasteiger partial charge in [0.1, 0.15) is 10.7 Å². The summed E-state index contributed by atoms with van der Waals surface area (Å²) in [5, 5.41) is 8.69. The van der Waals surface area contributed by atoms with E-state index in [9.17, 15) is 4.79 Å². The summed E-state index contributed by atoms with van der Waals surface area (Å²) in [6.45, 7) is 14.1. The maximum Gasteiger partial charge on any atom is 0.266 e. The summed E-state index contributed by atoms with van der Waals surface area (Å²) in [5.74, 6) is 0.651. The summed E-state index contributed by atoms with van der Waals surface area (Å²) in [4.78, 5) is 24.2. The van der Waals surface area contributed by atoms with Gasteiger partial charge in [-0.25, -0.2) is 14.6 Å². The highest BCUT2D eigenvalue weighted by molar-refractivity contribution is 7.20. The van der Waals surface area contributed by atoms with E-state index < -0.39 is 0 Å². The highest BCUT2D eigenvalue weighted by Crippen LogP contribution is 2.34. The first kappa shape index (κ1) is 21.2. The predicted octanol–water partition coefficient (Wildman–Crippen LogP) is 5.66. The van der Waals surface area contributed by atoms with Crippen molar-refractivity contribution in [3.8, 4) is 5.69 Å². The molecule has 1 amide bonds. The molecule has 6 nitrogen and oxygen atoms in total. The molecule has 0 spiro atoms. The van der Waals surface area contributed by atoms with Gasteiger partial charge in [-0.05, 0) is 45.4 Å². The molecule has 31 heavy (non-hydrogen) atoms. The first-order valence-corrected chi connectivity index (χ1v) is 11.1. The molecule has 0 saturated carbocycles. The van der Waals surface area contributed by atoms with E-state index in [1.165, 1.54) is 11.3 Å². The number of nitrogens with one attached hydrogen (secondary N) is 1. The number of amides is 1. The highest BCUT2D eigenvalue weighted by Gasteiger charge is 2.24. The van der Waals surface area contributed by atoms with Crippen molar-refractivity contribution in [2.75, 3.05) is 5.32 Å². The van der Waals surface area contributed by atoms with Crippen LogP contribution in [0.1, 0.15) is 58.9 Å². The lowest BCUT2D eigenvalue weighted by Gasteiger charge is -2.16. The smallest absolute Gasteiger partial charge is 0.266 e. The summed E-state index contributed by atoms with van der Waals surface area (Å²) < 4.78 is 1.86. The number of carbonyl (C=O) groups is 1. The number of benzene rings is 1. The molecule has 0 aliphatic rings. The van der Waals surface area contributed by atoms with E-state index in [2.05, 4.69) is 31.2 Å². The average Bonchev–Trinajstić information content (AvgIpc) is 3.19. The van der Waals surface area contributed by atoms with Gasteiger partial charge in [-0.1, -0.05) is 39.0 Å². The molecule has 160 valence electrons. The Labute approximate surface area is 186 Å². The number of anilines is 1. The van der Waals surface area contributed by atoms with Crippen molar-refractivity contribution >= 4 is 33.1 Å². The molecule has 4 aromatic rings. The fraction of sp³-hybridized carbons (Fsp3) is 0.333. The lowest BCUT2D eigenvalue weighted by atomic mass is 9.95. The normalized spacial score (nSPS) is 11.8. The maximum absolute atomic E-state index is 13.3. The third-order valence-electron chi connectivity index (χ3n) is 5.38. The van der Waals surface area contributed by atoms with Gasteiger partial charge in [-0.2, -0.15) is 5.10 Å². The average molecular weight is 434 g/mol. The van der Waals surface area contributed by atoms with E-state index in [1.807, 2.05) is 62.7 Å². The minimum Gasteiger partial charge on any atom is -0.318 e. The molecule has 0 aliphatic carbocycles. The van der Waals surface area contributed by atoms with Gasteiger partial charge in [0, 0.05) is 10.8 Å². The van der Waals surface area contributed by atoms with E-state index in [4.69, 9.17) is 9.97 Å². The second kappa shape index (κ2) is 7.57. The molecular formula is C24H27N5OS. The molecule has 0 saturated heterocycles. The lowest BCUT2D eigenvalue weighted by Crippen LogP contribution is -2.16. The standard InChI is InChI=1S/C24H27N5OS/c1-13-18-14(2)25-23(24(5,6)7)27-22(18)31-20(13)21(30)26-19-15(3)28-29(16(19)4)17-11-9-8-10-12-17/h8-12H,1-7H3,(H,26,30). The van der Waals surface area contributed by atoms with Crippen LogP contribution in [-0.2, 0) is 5.41 Å². The van der Waals surface area contributed by atoms with E-state index in [0.717, 1.165) is 50.1 Å². The third kappa shape index (κ3) is 3.74. The van der Waals surface area contributed by atoms with Crippen LogP contribution >= 0.6 is 11.3 Å². The van der Waals surface area contributed by atoms with Crippen LogP contribution in [-0.4, -0.2) is 25.7 Å². The SMILES string of the molecule is Cc1nn(-c2ccccc2)c(C)c1NC(=O)c1sc2nc(C(C)(C)C)nc(C)c2c1C. The van der Waals surface area contributed by atoms with Crippen molar-refractivity contribution in [2.45, 2.75) is 53.9 Å². The van der Waals surface area contributed by atoms with Crippen molar-refractivity contribution in [1.82, 2.24) is 19.7 Å². The Kier molecular flexibility index (Phi) is 5.17. The molecule has 1 aromatic carbocycles. The van der Waals surface area contributed by atoms with E-state index in [-0.39, 0.29) is 11.3 Å². The first-order valence-electron chi connectivity index (χ1n) is 10.3. The molecule has 0 radical (unpaired) electrons. The van der Waals surface area contributed by atoms with Gasteiger partial charge in [0.25, 0.3) is 5.91 Å². The van der Waals surface area contributed by atoms with Gasteiger partial charge in [0.2, 0.25) is 0 Å². The fourth-order valence-electron chi connectivity index (χ4n) is 3.71. The zero-order chi connectivity index (χ0) is 22.5. The van der Waals surface area contributed by atoms with Crippen molar-refractivity contribution in [3.05, 3.63) is 63.7 Å². The number of aromatic nitrogens is 4. The van der Waals surface area contributed by atoms with Crippen LogP contribution in [0, 0.1) is 27.7 Å². The predicted molar refractivity (Wildman–Crippen MR) is 127 cm³/mol. The minimum absolute atomic E-state index is 0.143. The quantitative estimate of drug-likeness (QED) is 0.452. The second-order valence-corrected chi connectivity index (χ2v) is 9.87. The lowest BCUT2D eigenvalue weighted by molar-refractivity contribution is 0.103. The molecule has 0 fully saturated rings. The summed E-state index contributed by atoms with van der Waals surface area (Å²) in [6, 6.07) is 9.91. The summed E-state index contributed by atoms with van der Waals surface area (Å²) in [6.07, 6.45) is 0. The Bertz CT molecular complexity index is 1300. The summed E-state index contributed by atoms with van der Waals surface area (Å²) >= 11 is 1.42. The second-order valence-electron chi connectivity index (χ2n) is 8.87. The number of carbonyl (C=O) groups excluding carboxylic acids is 1. The van der Waals surface area contributed by atoms with Crippen LogP contribution in [0.3, 0.4) is 0 Å². The topological polar surface area (TPSA) is 72.7 Å².